The molecule has 9 heteroatoms. The van der Waals surface area contributed by atoms with E-state index in [4.69, 9.17) is 0 Å². The van der Waals surface area contributed by atoms with Crippen LogP contribution < -0.4 is 10.7 Å². The van der Waals surface area contributed by atoms with E-state index in [9.17, 15) is 16.8 Å². The molecule has 0 fully saturated rings. The highest BCUT2D eigenvalue weighted by molar-refractivity contribution is 8.75. The fraction of sp³-hybridized carbons (Fsp3) is 0. The van der Waals surface area contributed by atoms with Crippen LogP contribution in [-0.2, 0) is 17.1 Å². The summed E-state index contributed by atoms with van der Waals surface area (Å²) in [4.78, 5) is 1.03. The van der Waals surface area contributed by atoms with Gasteiger partial charge in [0, 0.05) is 10.7 Å². The maximum Gasteiger partial charge on any atom is 0.352 e. The predicted octanol–water partition coefficient (Wildman–Crippen LogP) is -1.74. The molecular formula is H3ClN2O4S2. The summed E-state index contributed by atoms with van der Waals surface area (Å²) in [6.45, 7) is 0. The van der Waals surface area contributed by atoms with Gasteiger partial charge < -0.3 is 0 Å². The van der Waals surface area contributed by atoms with Gasteiger partial charge in [-0.3, -0.25) is 5.84 Å². The van der Waals surface area contributed by atoms with E-state index in [2.05, 4.69) is 16.5 Å². The van der Waals surface area contributed by atoms with Crippen molar-refractivity contribution in [3.63, 3.8) is 0 Å². The van der Waals surface area contributed by atoms with Crippen LogP contribution in [0.25, 0.3) is 0 Å². The van der Waals surface area contributed by atoms with Crippen molar-refractivity contribution in [1.29, 1.82) is 0 Å². The highest BCUT2D eigenvalue weighted by atomic mass is 35.8. The predicted molar refractivity (Wildman–Crippen MR) is 31.0 cm³/mol. The second-order valence-corrected chi connectivity index (χ2v) is 7.30. The van der Waals surface area contributed by atoms with Crippen LogP contribution in [0.5, 0.6) is 0 Å². The molecule has 0 radical (unpaired) electrons. The Morgan fingerprint density at radius 3 is 1.56 bits per heavy atom. The Bertz CT molecular complexity index is 272. The van der Waals surface area contributed by atoms with E-state index < -0.39 is 17.1 Å². The molecular weight excluding hydrogens is 192 g/mol. The molecule has 6 nitrogen and oxygen atoms in total. The maximum atomic E-state index is 10.1. The second-order valence-electron chi connectivity index (χ2n) is 0.965. The summed E-state index contributed by atoms with van der Waals surface area (Å²) in [6.07, 6.45) is 0. The first-order valence-corrected chi connectivity index (χ1v) is 5.79. The minimum atomic E-state index is -4.64. The zero-order valence-corrected chi connectivity index (χ0v) is 6.29. The summed E-state index contributed by atoms with van der Waals surface area (Å²) < 4.78 is 40.0. The zero-order valence-electron chi connectivity index (χ0n) is 3.90. The van der Waals surface area contributed by atoms with Gasteiger partial charge in [-0.15, -0.1) is 4.83 Å². The third-order valence-corrected chi connectivity index (χ3v) is 4.57. The molecule has 0 amide bonds. The topological polar surface area (TPSA) is 106 Å². The van der Waals surface area contributed by atoms with Crippen LogP contribution in [0.2, 0.25) is 0 Å². The van der Waals surface area contributed by atoms with Crippen molar-refractivity contribution in [2.24, 2.45) is 5.84 Å². The Kier molecular flexibility index (Phi) is 2.41. The molecule has 9 heavy (non-hydrogen) atoms. The molecule has 0 saturated carbocycles. The molecule has 0 rings (SSSR count). The minimum Gasteiger partial charge on any atom is -0.257 e. The van der Waals surface area contributed by atoms with E-state index in [0.717, 1.165) is 4.83 Å². The van der Waals surface area contributed by atoms with Crippen LogP contribution in [-0.4, -0.2) is 16.8 Å². The number of hydrogen-bond acceptors (Lipinski definition) is 5. The van der Waals surface area contributed by atoms with Crippen molar-refractivity contribution in [2.75, 3.05) is 0 Å². The van der Waals surface area contributed by atoms with Gasteiger partial charge in [-0.05, 0) is 0 Å². The highest BCUT2D eigenvalue weighted by Gasteiger charge is 2.24. The molecule has 3 N–H and O–H groups in total. The molecule has 56 valence electrons. The molecule has 0 unspecified atom stereocenters. The van der Waals surface area contributed by atoms with Gasteiger partial charge in [-0.1, -0.05) is 0 Å². The first kappa shape index (κ1) is 9.11. The van der Waals surface area contributed by atoms with Crippen molar-refractivity contribution >= 4 is 27.8 Å². The van der Waals surface area contributed by atoms with Crippen LogP contribution in [0.1, 0.15) is 0 Å². The van der Waals surface area contributed by atoms with Gasteiger partial charge in [0.1, 0.15) is 0 Å². The molecule has 0 aliphatic heterocycles. The minimum absolute atomic E-state index is 1.03. The standard InChI is InChI=1S/ClH3N2O4S2/c1-8(4,5)9(6,7)3-2/h3H,2H2. The van der Waals surface area contributed by atoms with Crippen LogP contribution in [0.3, 0.4) is 0 Å². The van der Waals surface area contributed by atoms with Crippen molar-refractivity contribution in [3.8, 4) is 0 Å². The summed E-state index contributed by atoms with van der Waals surface area (Å²) in [7, 11) is -4.85. The zero-order chi connectivity index (χ0) is 7.71. The van der Waals surface area contributed by atoms with E-state index in [-0.39, 0.29) is 0 Å². The van der Waals surface area contributed by atoms with Crippen LogP contribution in [0.4, 0.5) is 0 Å². The van der Waals surface area contributed by atoms with Crippen LogP contribution >= 0.6 is 10.7 Å². The van der Waals surface area contributed by atoms with Gasteiger partial charge >= 0.3 is 17.1 Å². The Hall–Kier alpha value is 0.110. The fourth-order valence-electron chi connectivity index (χ4n) is 0.0575. The lowest BCUT2D eigenvalue weighted by Crippen LogP contribution is -2.33. The number of hydrazine groups is 1. The second kappa shape index (κ2) is 2.39. The molecule has 0 spiro atoms. The van der Waals surface area contributed by atoms with E-state index in [1.807, 2.05) is 0 Å². The third kappa shape index (κ3) is 2.06. The van der Waals surface area contributed by atoms with Gasteiger partial charge in [0.25, 0.3) is 0 Å². The first-order valence-electron chi connectivity index (χ1n) is 1.48. The summed E-state index contributed by atoms with van der Waals surface area (Å²) >= 11 is 0. The Labute approximate surface area is 55.8 Å². The molecule has 0 aromatic carbocycles. The lowest BCUT2D eigenvalue weighted by Gasteiger charge is -1.92. The van der Waals surface area contributed by atoms with Crippen LogP contribution in [0.15, 0.2) is 0 Å². The Morgan fingerprint density at radius 1 is 1.22 bits per heavy atom. The van der Waals surface area contributed by atoms with E-state index >= 15 is 0 Å². The quantitative estimate of drug-likeness (QED) is 0.235. The molecule has 0 aromatic rings. The summed E-state index contributed by atoms with van der Waals surface area (Å²) in [6, 6.07) is 0. The lowest BCUT2D eigenvalue weighted by atomic mass is 13.0. The highest BCUT2D eigenvalue weighted by Crippen LogP contribution is 2.02. The summed E-state index contributed by atoms with van der Waals surface area (Å²) in [5.41, 5.74) is 0. The van der Waals surface area contributed by atoms with Gasteiger partial charge in [-0.2, -0.15) is 16.8 Å². The van der Waals surface area contributed by atoms with Crippen LogP contribution in [0, 0.1) is 0 Å². The average Bonchev–Trinajstić information content (AvgIpc) is 1.64. The molecule has 0 saturated heterocycles. The molecule has 0 atom stereocenters. The summed E-state index contributed by atoms with van der Waals surface area (Å²) in [5, 5.41) is 0. The van der Waals surface area contributed by atoms with Crippen molar-refractivity contribution < 1.29 is 16.8 Å². The molecule has 0 bridgehead atoms. The maximum absolute atomic E-state index is 10.1. The van der Waals surface area contributed by atoms with E-state index in [0.29, 0.717) is 0 Å². The van der Waals surface area contributed by atoms with Gasteiger partial charge in [0.15, 0.2) is 0 Å². The first-order chi connectivity index (χ1) is 3.81. The van der Waals surface area contributed by atoms with E-state index in [1.54, 1.807) is 0 Å². The summed E-state index contributed by atoms with van der Waals surface area (Å²) in [5.74, 6) is 4.29. The fourth-order valence-corrected chi connectivity index (χ4v) is 0.845. The number of halogens is 1. The number of nitrogens with one attached hydrogen (secondary N) is 1. The molecule has 0 heterocycles. The SMILES string of the molecule is NNS(=O)(=O)S(=O)(=O)Cl. The van der Waals surface area contributed by atoms with Gasteiger partial charge in [-0.25, -0.2) is 0 Å². The normalized spacial score (nSPS) is 13.6. The van der Waals surface area contributed by atoms with Gasteiger partial charge in [0.05, 0.1) is 0 Å². The monoisotopic (exact) mass is 194 g/mol. The third-order valence-electron chi connectivity index (χ3n) is 0.406. The van der Waals surface area contributed by atoms with Crippen molar-refractivity contribution in [3.05, 3.63) is 0 Å². The number of nitrogens with two attached hydrogens (primary N) is 1. The molecule has 0 aliphatic rings. The smallest absolute Gasteiger partial charge is 0.257 e. The lowest BCUT2D eigenvalue weighted by molar-refractivity contribution is 0.581. The number of hydrogen-bond donors (Lipinski definition) is 2. The number of rotatable bonds is 2. The van der Waals surface area contributed by atoms with Crippen molar-refractivity contribution in [2.45, 2.75) is 0 Å². The Morgan fingerprint density at radius 2 is 1.56 bits per heavy atom. The van der Waals surface area contributed by atoms with Gasteiger partial charge in [0.2, 0.25) is 0 Å². The Balaban J connectivity index is 5.07. The van der Waals surface area contributed by atoms with E-state index in [1.165, 1.54) is 0 Å². The largest absolute Gasteiger partial charge is 0.352 e. The molecule has 0 aliphatic carbocycles. The molecule has 0 aromatic heterocycles. The average molecular weight is 195 g/mol. The van der Waals surface area contributed by atoms with Crippen molar-refractivity contribution in [1.82, 2.24) is 4.83 Å².